The Kier molecular flexibility index (Phi) is 3.34. The summed E-state index contributed by atoms with van der Waals surface area (Å²) in [6.07, 6.45) is 2.70. The quantitative estimate of drug-likeness (QED) is 0.732. The Morgan fingerprint density at radius 2 is 2.08 bits per heavy atom. The van der Waals surface area contributed by atoms with Crippen LogP contribution in [0.25, 0.3) is 0 Å². The van der Waals surface area contributed by atoms with Gasteiger partial charge in [0, 0.05) is 6.42 Å². The van der Waals surface area contributed by atoms with Crippen molar-refractivity contribution in [3.8, 4) is 0 Å². The van der Waals surface area contributed by atoms with Gasteiger partial charge in [-0.2, -0.15) is 0 Å². The first-order valence-corrected chi connectivity index (χ1v) is 5.22. The lowest BCUT2D eigenvalue weighted by Gasteiger charge is -2.13. The minimum atomic E-state index is -0.638. The van der Waals surface area contributed by atoms with E-state index in [9.17, 15) is 4.79 Å². The zero-order valence-electron chi connectivity index (χ0n) is 8.79. The molecule has 1 rings (SSSR count). The lowest BCUT2D eigenvalue weighted by atomic mass is 9.92. The molecule has 0 radical (unpaired) electrons. The molecule has 0 aromatic rings. The van der Waals surface area contributed by atoms with Crippen molar-refractivity contribution in [2.75, 3.05) is 0 Å². The molecule has 1 aliphatic carbocycles. The van der Waals surface area contributed by atoms with Crippen LogP contribution >= 0.6 is 0 Å². The molecular weight excluding hydrogens is 164 g/mol. The molecule has 0 saturated heterocycles. The third-order valence-corrected chi connectivity index (χ3v) is 3.46. The number of aliphatic carboxylic acids is 1. The van der Waals surface area contributed by atoms with Gasteiger partial charge in [0.25, 0.3) is 0 Å². The molecule has 13 heavy (non-hydrogen) atoms. The van der Waals surface area contributed by atoms with Crippen molar-refractivity contribution in [1.82, 2.24) is 0 Å². The predicted molar refractivity (Wildman–Crippen MR) is 52.5 cm³/mol. The second kappa shape index (κ2) is 4.12. The average Bonchev–Trinajstić information content (AvgIpc) is 2.31. The van der Waals surface area contributed by atoms with Gasteiger partial charge in [0.2, 0.25) is 0 Å². The van der Waals surface area contributed by atoms with E-state index in [1.807, 2.05) is 0 Å². The summed E-state index contributed by atoms with van der Waals surface area (Å²) in [5, 5.41) is 8.72. The zero-order valence-corrected chi connectivity index (χ0v) is 8.79. The molecule has 0 amide bonds. The molecule has 1 saturated carbocycles. The van der Waals surface area contributed by atoms with Gasteiger partial charge in [-0.3, -0.25) is 4.79 Å². The smallest absolute Gasteiger partial charge is 0.303 e. The van der Waals surface area contributed by atoms with Crippen molar-refractivity contribution in [3.63, 3.8) is 0 Å². The van der Waals surface area contributed by atoms with Gasteiger partial charge in [-0.15, -0.1) is 0 Å². The lowest BCUT2D eigenvalue weighted by molar-refractivity contribution is -0.138. The van der Waals surface area contributed by atoms with Crippen LogP contribution in [-0.2, 0) is 4.79 Å². The molecule has 0 bridgehead atoms. The highest BCUT2D eigenvalue weighted by molar-refractivity contribution is 5.67. The first-order valence-electron chi connectivity index (χ1n) is 5.22. The van der Waals surface area contributed by atoms with E-state index >= 15 is 0 Å². The van der Waals surface area contributed by atoms with E-state index in [1.165, 1.54) is 6.42 Å². The van der Waals surface area contributed by atoms with Crippen molar-refractivity contribution in [2.24, 2.45) is 23.7 Å². The second-order valence-electron chi connectivity index (χ2n) is 4.81. The first-order chi connectivity index (χ1) is 6.00. The predicted octanol–water partition coefficient (Wildman–Crippen LogP) is 2.78. The fourth-order valence-electron chi connectivity index (χ4n) is 2.44. The maximum atomic E-state index is 10.6. The molecule has 2 nitrogen and oxygen atoms in total. The first kappa shape index (κ1) is 10.6. The highest BCUT2D eigenvalue weighted by Crippen LogP contribution is 2.41. The number of hydrogen-bond donors (Lipinski definition) is 1. The third kappa shape index (κ3) is 2.71. The highest BCUT2D eigenvalue weighted by atomic mass is 16.4. The van der Waals surface area contributed by atoms with Crippen LogP contribution in [0.2, 0.25) is 0 Å². The van der Waals surface area contributed by atoms with Gasteiger partial charge >= 0.3 is 5.97 Å². The molecule has 1 aliphatic rings. The third-order valence-electron chi connectivity index (χ3n) is 3.46. The summed E-state index contributed by atoms with van der Waals surface area (Å²) in [6, 6.07) is 0. The van der Waals surface area contributed by atoms with Crippen LogP contribution in [0.1, 0.15) is 40.0 Å². The van der Waals surface area contributed by atoms with Gasteiger partial charge in [-0.05, 0) is 36.5 Å². The zero-order chi connectivity index (χ0) is 10.0. The van der Waals surface area contributed by atoms with E-state index in [0.717, 1.165) is 12.3 Å². The lowest BCUT2D eigenvalue weighted by Crippen LogP contribution is -2.10. The summed E-state index contributed by atoms with van der Waals surface area (Å²) in [5.41, 5.74) is 0. The number of carboxylic acid groups (broad SMARTS) is 1. The maximum absolute atomic E-state index is 10.6. The Morgan fingerprint density at radius 1 is 1.46 bits per heavy atom. The van der Waals surface area contributed by atoms with Crippen molar-refractivity contribution >= 4 is 5.97 Å². The number of carboxylic acids is 1. The van der Waals surface area contributed by atoms with Crippen LogP contribution in [0.15, 0.2) is 0 Å². The number of carbonyl (C=O) groups is 1. The van der Waals surface area contributed by atoms with Crippen LogP contribution in [0.5, 0.6) is 0 Å². The Bertz CT molecular complexity index is 187. The summed E-state index contributed by atoms with van der Waals surface area (Å²) >= 11 is 0. The Balaban J connectivity index is 2.46. The van der Waals surface area contributed by atoms with Crippen molar-refractivity contribution in [2.45, 2.75) is 40.0 Å². The van der Waals surface area contributed by atoms with E-state index in [4.69, 9.17) is 5.11 Å². The molecular formula is C11H20O2. The summed E-state index contributed by atoms with van der Waals surface area (Å²) in [6.45, 7) is 6.66. The molecule has 76 valence electrons. The minimum absolute atomic E-state index is 0.365. The van der Waals surface area contributed by atoms with E-state index in [-0.39, 0.29) is 0 Å². The highest BCUT2D eigenvalue weighted by Gasteiger charge is 2.33. The molecule has 3 unspecified atom stereocenters. The van der Waals surface area contributed by atoms with Crippen molar-refractivity contribution in [3.05, 3.63) is 0 Å². The van der Waals surface area contributed by atoms with Gasteiger partial charge in [0.1, 0.15) is 0 Å². The average molecular weight is 184 g/mol. The minimum Gasteiger partial charge on any atom is -0.481 e. The van der Waals surface area contributed by atoms with Gasteiger partial charge < -0.3 is 5.11 Å². The molecule has 1 N–H and O–H groups in total. The second-order valence-corrected chi connectivity index (χ2v) is 4.81. The number of hydrogen-bond acceptors (Lipinski definition) is 1. The SMILES string of the molecule is CC(C)C1CC(C)C(CC(=O)O)C1. The molecule has 3 atom stereocenters. The normalized spacial score (nSPS) is 34.0. The van der Waals surface area contributed by atoms with Crippen molar-refractivity contribution in [1.29, 1.82) is 0 Å². The van der Waals surface area contributed by atoms with E-state index in [2.05, 4.69) is 20.8 Å². The summed E-state index contributed by atoms with van der Waals surface area (Å²) < 4.78 is 0. The van der Waals surface area contributed by atoms with Crippen LogP contribution < -0.4 is 0 Å². The van der Waals surface area contributed by atoms with Crippen LogP contribution in [0.4, 0.5) is 0 Å². The topological polar surface area (TPSA) is 37.3 Å². The van der Waals surface area contributed by atoms with Crippen LogP contribution in [0.3, 0.4) is 0 Å². The fourth-order valence-corrected chi connectivity index (χ4v) is 2.44. The standard InChI is InChI=1S/C11H20O2/c1-7(2)9-4-8(3)10(5-9)6-11(12)13/h7-10H,4-6H2,1-3H3,(H,12,13). The largest absolute Gasteiger partial charge is 0.481 e. The number of rotatable bonds is 3. The maximum Gasteiger partial charge on any atom is 0.303 e. The van der Waals surface area contributed by atoms with Crippen molar-refractivity contribution < 1.29 is 9.90 Å². The fraction of sp³-hybridized carbons (Fsp3) is 0.909. The van der Waals surface area contributed by atoms with Gasteiger partial charge in [0.05, 0.1) is 0 Å². The van der Waals surface area contributed by atoms with E-state index in [0.29, 0.717) is 24.2 Å². The molecule has 0 aliphatic heterocycles. The molecule has 0 spiro atoms. The Hall–Kier alpha value is -0.530. The van der Waals surface area contributed by atoms with E-state index in [1.54, 1.807) is 0 Å². The summed E-state index contributed by atoms with van der Waals surface area (Å²) in [7, 11) is 0. The molecule has 0 heterocycles. The van der Waals surface area contributed by atoms with E-state index < -0.39 is 5.97 Å². The molecule has 2 heteroatoms. The van der Waals surface area contributed by atoms with Gasteiger partial charge in [-0.1, -0.05) is 20.8 Å². The molecule has 0 aromatic heterocycles. The molecule has 1 fully saturated rings. The summed E-state index contributed by atoms with van der Waals surface area (Å²) in [5.74, 6) is 1.84. The summed E-state index contributed by atoms with van der Waals surface area (Å²) in [4.78, 5) is 10.6. The van der Waals surface area contributed by atoms with Crippen LogP contribution in [0, 0.1) is 23.7 Å². The van der Waals surface area contributed by atoms with Gasteiger partial charge in [0.15, 0.2) is 0 Å². The Morgan fingerprint density at radius 3 is 2.46 bits per heavy atom. The molecule has 0 aromatic carbocycles. The monoisotopic (exact) mass is 184 g/mol. The van der Waals surface area contributed by atoms with Gasteiger partial charge in [-0.25, -0.2) is 0 Å². The Labute approximate surface area is 80.3 Å². The van der Waals surface area contributed by atoms with Crippen LogP contribution in [-0.4, -0.2) is 11.1 Å².